The molecule has 1 saturated heterocycles. The van der Waals surface area contributed by atoms with Gasteiger partial charge < -0.3 is 15.0 Å². The van der Waals surface area contributed by atoms with E-state index in [9.17, 15) is 8.42 Å². The number of methoxy groups -OCH3 is 1. The molecule has 1 fully saturated rings. The zero-order chi connectivity index (χ0) is 27.9. The van der Waals surface area contributed by atoms with E-state index in [2.05, 4.69) is 30.1 Å². The van der Waals surface area contributed by atoms with Crippen LogP contribution in [0.3, 0.4) is 0 Å². The minimum Gasteiger partial charge on any atom is -0.377 e. The Balaban J connectivity index is 1.46. The first-order chi connectivity index (χ1) is 18.5. The van der Waals surface area contributed by atoms with Gasteiger partial charge in [-0.15, -0.1) is 0 Å². The standard InChI is InChI=1S/C25H28ClFN8O3S/c1-14(38-3)23-16-7-22(31-21-5-6-28-25(32-21)18-13-34(2)33-24(18)26)29-10-17(16)20(8-19(23)27)35-11-15(12-35)9-30-39(4,36)37/h5-8,10,13-15,30H,9,11-12H2,1-4H3,(H,28,29,31,32)/t14-/m0/s1. The van der Waals surface area contributed by atoms with Crippen LogP contribution in [0.25, 0.3) is 22.2 Å². The van der Waals surface area contributed by atoms with Gasteiger partial charge in [-0.05, 0) is 30.5 Å². The Bertz CT molecular complexity index is 1640. The van der Waals surface area contributed by atoms with Gasteiger partial charge in [0.25, 0.3) is 0 Å². The first-order valence-electron chi connectivity index (χ1n) is 12.2. The average molecular weight is 575 g/mol. The van der Waals surface area contributed by atoms with Crippen molar-refractivity contribution in [2.45, 2.75) is 13.0 Å². The normalized spacial score (nSPS) is 15.0. The van der Waals surface area contributed by atoms with Gasteiger partial charge in [0, 0.05) is 74.9 Å². The Labute approximate surface area is 230 Å². The van der Waals surface area contributed by atoms with Crippen LogP contribution in [0.5, 0.6) is 0 Å². The van der Waals surface area contributed by atoms with Gasteiger partial charge in [-0.2, -0.15) is 5.10 Å². The lowest BCUT2D eigenvalue weighted by atomic mass is 9.95. The number of aryl methyl sites for hydroxylation is 1. The van der Waals surface area contributed by atoms with Crippen molar-refractivity contribution in [2.75, 3.05) is 43.2 Å². The number of nitrogens with one attached hydrogen (secondary N) is 2. The number of rotatable bonds is 9. The zero-order valence-electron chi connectivity index (χ0n) is 21.8. The largest absolute Gasteiger partial charge is 0.377 e. The summed E-state index contributed by atoms with van der Waals surface area (Å²) in [4.78, 5) is 15.4. The SMILES string of the molecule is CO[C@@H](C)c1c(F)cc(N2CC(CNS(C)(=O)=O)C2)c2cnc(Nc3ccnc(-c4cn(C)nc4Cl)n3)cc12. The lowest BCUT2D eigenvalue weighted by Gasteiger charge is -2.41. The molecule has 4 heterocycles. The molecule has 0 amide bonds. The molecular weight excluding hydrogens is 547 g/mol. The van der Waals surface area contributed by atoms with E-state index in [0.717, 1.165) is 11.6 Å². The van der Waals surface area contributed by atoms with Crippen LogP contribution in [-0.4, -0.2) is 66.2 Å². The fraction of sp³-hybridized carbons (Fsp3) is 0.360. The average Bonchev–Trinajstić information content (AvgIpc) is 3.19. The number of fused-ring (bicyclic) bond motifs is 1. The van der Waals surface area contributed by atoms with Crippen LogP contribution in [0, 0.1) is 11.7 Å². The number of hydrogen-bond donors (Lipinski definition) is 2. The van der Waals surface area contributed by atoms with E-state index in [1.807, 2.05) is 4.90 Å². The van der Waals surface area contributed by atoms with E-state index in [0.29, 0.717) is 64.4 Å². The minimum atomic E-state index is -3.27. The molecule has 0 saturated carbocycles. The highest BCUT2D eigenvalue weighted by atomic mass is 35.5. The van der Waals surface area contributed by atoms with Crippen molar-refractivity contribution in [3.8, 4) is 11.4 Å². The predicted molar refractivity (Wildman–Crippen MR) is 148 cm³/mol. The second-order valence-electron chi connectivity index (χ2n) is 9.57. The highest BCUT2D eigenvalue weighted by Gasteiger charge is 2.30. The molecule has 1 aliphatic rings. The van der Waals surface area contributed by atoms with Crippen molar-refractivity contribution in [3.05, 3.63) is 53.3 Å². The maximum absolute atomic E-state index is 15.5. The van der Waals surface area contributed by atoms with Crippen molar-refractivity contribution < 1.29 is 17.5 Å². The van der Waals surface area contributed by atoms with Gasteiger partial charge in [0.1, 0.15) is 17.5 Å². The molecule has 0 bridgehead atoms. The minimum absolute atomic E-state index is 0.129. The fourth-order valence-corrected chi connectivity index (χ4v) is 5.40. The van der Waals surface area contributed by atoms with Gasteiger partial charge in [-0.25, -0.2) is 32.5 Å². The maximum Gasteiger partial charge on any atom is 0.208 e. The summed E-state index contributed by atoms with van der Waals surface area (Å²) in [7, 11) is 0.0256. The van der Waals surface area contributed by atoms with Crippen LogP contribution in [0.2, 0.25) is 5.15 Å². The molecule has 3 aromatic heterocycles. The molecule has 5 rings (SSSR count). The molecule has 4 aromatic rings. The van der Waals surface area contributed by atoms with E-state index >= 15 is 4.39 Å². The molecule has 1 atom stereocenters. The molecule has 0 unspecified atom stereocenters. The van der Waals surface area contributed by atoms with E-state index < -0.39 is 21.9 Å². The number of benzene rings is 1. The summed E-state index contributed by atoms with van der Waals surface area (Å²) >= 11 is 6.21. The zero-order valence-corrected chi connectivity index (χ0v) is 23.4. The van der Waals surface area contributed by atoms with Crippen LogP contribution >= 0.6 is 11.6 Å². The number of ether oxygens (including phenoxy) is 1. The summed E-state index contributed by atoms with van der Waals surface area (Å²) < 4.78 is 48.0. The molecule has 206 valence electrons. The van der Waals surface area contributed by atoms with Gasteiger partial charge in [-0.1, -0.05) is 11.6 Å². The van der Waals surface area contributed by atoms with Crippen LogP contribution < -0.4 is 14.9 Å². The highest BCUT2D eigenvalue weighted by Crippen LogP contribution is 2.39. The van der Waals surface area contributed by atoms with Crippen molar-refractivity contribution in [2.24, 2.45) is 13.0 Å². The van der Waals surface area contributed by atoms with E-state index in [-0.39, 0.29) is 5.92 Å². The van der Waals surface area contributed by atoms with Crippen LogP contribution in [-0.2, 0) is 21.8 Å². The number of halogens is 2. The Hall–Kier alpha value is -3.39. The van der Waals surface area contributed by atoms with Gasteiger partial charge in [0.15, 0.2) is 11.0 Å². The molecule has 39 heavy (non-hydrogen) atoms. The first kappa shape index (κ1) is 27.2. The van der Waals surface area contributed by atoms with Crippen molar-refractivity contribution in [1.29, 1.82) is 0 Å². The van der Waals surface area contributed by atoms with Crippen LogP contribution in [0.1, 0.15) is 18.6 Å². The van der Waals surface area contributed by atoms with Gasteiger partial charge in [0.2, 0.25) is 10.0 Å². The van der Waals surface area contributed by atoms with E-state index in [1.54, 1.807) is 49.4 Å². The number of sulfonamides is 1. The molecule has 2 N–H and O–H groups in total. The fourth-order valence-electron chi connectivity index (χ4n) is 4.61. The summed E-state index contributed by atoms with van der Waals surface area (Å²) in [6.07, 6.45) is 5.66. The molecule has 0 aliphatic carbocycles. The second-order valence-corrected chi connectivity index (χ2v) is 11.8. The summed E-state index contributed by atoms with van der Waals surface area (Å²) in [5.41, 5.74) is 1.71. The summed E-state index contributed by atoms with van der Waals surface area (Å²) in [6.45, 7) is 3.32. The topological polar surface area (TPSA) is 127 Å². The highest BCUT2D eigenvalue weighted by molar-refractivity contribution is 7.88. The predicted octanol–water partition coefficient (Wildman–Crippen LogP) is 3.65. The maximum atomic E-state index is 15.5. The molecule has 0 spiro atoms. The van der Waals surface area contributed by atoms with Gasteiger partial charge in [0.05, 0.1) is 17.9 Å². The van der Waals surface area contributed by atoms with Crippen molar-refractivity contribution >= 4 is 49.7 Å². The Morgan fingerprint density at radius 2 is 2.00 bits per heavy atom. The summed E-state index contributed by atoms with van der Waals surface area (Å²) in [5.74, 6) is 1.08. The number of aromatic nitrogens is 5. The van der Waals surface area contributed by atoms with E-state index in [1.165, 1.54) is 13.2 Å². The Morgan fingerprint density at radius 1 is 1.23 bits per heavy atom. The van der Waals surface area contributed by atoms with Gasteiger partial charge >= 0.3 is 0 Å². The molecule has 1 aliphatic heterocycles. The lowest BCUT2D eigenvalue weighted by molar-refractivity contribution is 0.117. The second kappa shape index (κ2) is 10.6. The first-order valence-corrected chi connectivity index (χ1v) is 14.4. The molecule has 0 radical (unpaired) electrons. The third kappa shape index (κ3) is 5.81. The molecule has 11 nitrogen and oxygen atoms in total. The van der Waals surface area contributed by atoms with Crippen LogP contribution in [0.15, 0.2) is 36.8 Å². The van der Waals surface area contributed by atoms with Crippen LogP contribution in [0.4, 0.5) is 21.7 Å². The third-order valence-corrected chi connectivity index (χ3v) is 7.59. The van der Waals surface area contributed by atoms with E-state index in [4.69, 9.17) is 16.3 Å². The third-order valence-electron chi connectivity index (χ3n) is 6.62. The number of anilines is 3. The van der Waals surface area contributed by atoms with Gasteiger partial charge in [-0.3, -0.25) is 4.68 Å². The molecule has 1 aromatic carbocycles. The monoisotopic (exact) mass is 574 g/mol. The number of hydrogen-bond acceptors (Lipinski definition) is 9. The number of pyridine rings is 1. The molecule has 14 heteroatoms. The Kier molecular flexibility index (Phi) is 7.42. The lowest BCUT2D eigenvalue weighted by Crippen LogP contribution is -2.51. The summed E-state index contributed by atoms with van der Waals surface area (Å²) in [6, 6.07) is 4.96. The quantitative estimate of drug-likeness (QED) is 0.308. The van der Waals surface area contributed by atoms with Crippen molar-refractivity contribution in [1.82, 2.24) is 29.5 Å². The molecular formula is C25H28ClFN8O3S. The summed E-state index contributed by atoms with van der Waals surface area (Å²) in [5, 5.41) is 9.01. The Morgan fingerprint density at radius 3 is 2.67 bits per heavy atom. The number of nitrogens with zero attached hydrogens (tertiary/aromatic N) is 6. The van der Waals surface area contributed by atoms with Crippen molar-refractivity contribution in [3.63, 3.8) is 0 Å². The smallest absolute Gasteiger partial charge is 0.208 e.